The normalized spacial score (nSPS) is 36.1. The summed E-state index contributed by atoms with van der Waals surface area (Å²) in [6.45, 7) is 11.7. The van der Waals surface area contributed by atoms with Gasteiger partial charge in [0.1, 0.15) is 0 Å². The van der Waals surface area contributed by atoms with Crippen LogP contribution < -0.4 is 5.73 Å². The molecule has 118 valence electrons. The Bertz CT molecular complexity index is 299. The second-order valence-corrected chi connectivity index (χ2v) is 8.69. The first-order chi connectivity index (χ1) is 9.32. The summed E-state index contributed by atoms with van der Waals surface area (Å²) in [6.07, 6.45) is 7.00. The Balaban J connectivity index is 1.83. The third-order valence-corrected chi connectivity index (χ3v) is 6.15. The van der Waals surface area contributed by atoms with Crippen LogP contribution in [-0.4, -0.2) is 31.1 Å². The summed E-state index contributed by atoms with van der Waals surface area (Å²) >= 11 is 0. The summed E-state index contributed by atoms with van der Waals surface area (Å²) in [7, 11) is 2.30. The molecule has 2 aliphatic carbocycles. The number of rotatable bonds is 5. The van der Waals surface area contributed by atoms with E-state index in [1.165, 1.54) is 38.6 Å². The van der Waals surface area contributed by atoms with Crippen LogP contribution in [0.15, 0.2) is 0 Å². The Morgan fingerprint density at radius 3 is 2.10 bits per heavy atom. The van der Waals surface area contributed by atoms with Gasteiger partial charge in [-0.15, -0.1) is 0 Å². The molecule has 2 fully saturated rings. The Labute approximate surface area is 126 Å². The Morgan fingerprint density at radius 2 is 1.70 bits per heavy atom. The molecular weight excluding hydrogens is 244 g/mol. The predicted octanol–water partition coefficient (Wildman–Crippen LogP) is 3.75. The maximum Gasteiger partial charge on any atom is 0.0243 e. The second-order valence-electron chi connectivity index (χ2n) is 8.69. The summed E-state index contributed by atoms with van der Waals surface area (Å²) in [5.41, 5.74) is 6.60. The molecule has 3 unspecified atom stereocenters. The molecule has 2 nitrogen and oxygen atoms in total. The Kier molecular flexibility index (Phi) is 5.18. The molecule has 20 heavy (non-hydrogen) atoms. The van der Waals surface area contributed by atoms with Crippen LogP contribution in [0.4, 0.5) is 0 Å². The minimum absolute atomic E-state index is 0.485. The van der Waals surface area contributed by atoms with Gasteiger partial charge in [-0.25, -0.2) is 0 Å². The molecule has 2 N–H and O–H groups in total. The third kappa shape index (κ3) is 3.98. The molecule has 3 atom stereocenters. The minimum Gasteiger partial charge on any atom is -0.329 e. The largest absolute Gasteiger partial charge is 0.329 e. The van der Waals surface area contributed by atoms with Crippen LogP contribution in [-0.2, 0) is 0 Å². The van der Waals surface area contributed by atoms with Crippen LogP contribution in [0.1, 0.15) is 59.8 Å². The molecule has 0 bridgehead atoms. The van der Waals surface area contributed by atoms with Gasteiger partial charge in [0.25, 0.3) is 0 Å². The first kappa shape index (κ1) is 16.3. The fourth-order valence-electron chi connectivity index (χ4n) is 4.26. The van der Waals surface area contributed by atoms with Gasteiger partial charge in [0, 0.05) is 19.1 Å². The van der Waals surface area contributed by atoms with Gasteiger partial charge in [-0.2, -0.15) is 0 Å². The van der Waals surface area contributed by atoms with Gasteiger partial charge in [0.15, 0.2) is 0 Å². The Morgan fingerprint density at radius 1 is 1.15 bits per heavy atom. The van der Waals surface area contributed by atoms with E-state index < -0.39 is 0 Å². The van der Waals surface area contributed by atoms with Crippen molar-refractivity contribution < 1.29 is 0 Å². The molecule has 0 aromatic heterocycles. The zero-order valence-electron chi connectivity index (χ0n) is 14.4. The van der Waals surface area contributed by atoms with E-state index in [2.05, 4.69) is 39.6 Å². The summed E-state index contributed by atoms with van der Waals surface area (Å²) in [5, 5.41) is 0. The van der Waals surface area contributed by atoms with Crippen LogP contribution in [0.2, 0.25) is 0 Å². The standard InChI is InChI=1S/C18H36N2/c1-13-10-15(13)12-20(5)17(11-19)14-6-8-16(9-7-14)18(2,3)4/h13-17H,6-12,19H2,1-5H3. The van der Waals surface area contributed by atoms with Gasteiger partial charge in [-0.1, -0.05) is 27.7 Å². The zero-order valence-corrected chi connectivity index (χ0v) is 14.4. The van der Waals surface area contributed by atoms with E-state index in [1.54, 1.807) is 0 Å². The molecule has 2 aliphatic rings. The van der Waals surface area contributed by atoms with Crippen molar-refractivity contribution in [3.63, 3.8) is 0 Å². The molecule has 0 aromatic rings. The smallest absolute Gasteiger partial charge is 0.0243 e. The monoisotopic (exact) mass is 280 g/mol. The molecule has 0 saturated heterocycles. The van der Waals surface area contributed by atoms with Gasteiger partial charge in [-0.05, 0) is 68.2 Å². The highest BCUT2D eigenvalue weighted by atomic mass is 15.1. The number of hydrogen-bond acceptors (Lipinski definition) is 2. The van der Waals surface area contributed by atoms with Crippen molar-refractivity contribution >= 4 is 0 Å². The third-order valence-electron chi connectivity index (χ3n) is 6.15. The van der Waals surface area contributed by atoms with E-state index >= 15 is 0 Å². The molecule has 0 aromatic carbocycles. The average molecular weight is 281 g/mol. The van der Waals surface area contributed by atoms with Crippen molar-refractivity contribution in [3.8, 4) is 0 Å². The number of hydrogen-bond donors (Lipinski definition) is 1. The summed E-state index contributed by atoms with van der Waals surface area (Å²) in [5.74, 6) is 3.64. The van der Waals surface area contributed by atoms with Crippen LogP contribution in [0, 0.1) is 29.1 Å². The van der Waals surface area contributed by atoms with Gasteiger partial charge < -0.3 is 10.6 Å². The lowest BCUT2D eigenvalue weighted by molar-refractivity contribution is 0.0922. The average Bonchev–Trinajstić information content (AvgIpc) is 3.05. The fraction of sp³-hybridized carbons (Fsp3) is 1.00. The van der Waals surface area contributed by atoms with E-state index in [9.17, 15) is 0 Å². The molecular formula is C18H36N2. The Hall–Kier alpha value is -0.0800. The number of likely N-dealkylation sites (N-methyl/N-ethyl adjacent to an activating group) is 1. The van der Waals surface area contributed by atoms with E-state index in [1.807, 2.05) is 0 Å². The van der Waals surface area contributed by atoms with Crippen LogP contribution in [0.5, 0.6) is 0 Å². The van der Waals surface area contributed by atoms with Crippen LogP contribution in [0.25, 0.3) is 0 Å². The van der Waals surface area contributed by atoms with Crippen molar-refractivity contribution in [1.29, 1.82) is 0 Å². The summed E-state index contributed by atoms with van der Waals surface area (Å²) < 4.78 is 0. The summed E-state index contributed by atoms with van der Waals surface area (Å²) in [4.78, 5) is 2.58. The molecule has 0 radical (unpaired) electrons. The number of nitrogens with two attached hydrogens (primary N) is 1. The predicted molar refractivity (Wildman–Crippen MR) is 87.6 cm³/mol. The lowest BCUT2D eigenvalue weighted by atomic mass is 9.68. The molecule has 0 amide bonds. The first-order valence-electron chi connectivity index (χ1n) is 8.73. The highest BCUT2D eigenvalue weighted by Crippen LogP contribution is 2.42. The topological polar surface area (TPSA) is 29.3 Å². The van der Waals surface area contributed by atoms with Crippen LogP contribution >= 0.6 is 0 Å². The SMILES string of the molecule is CC1CC1CN(C)C(CN)C1CCC(C(C)(C)C)CC1. The highest BCUT2D eigenvalue weighted by Gasteiger charge is 2.37. The van der Waals surface area contributed by atoms with Gasteiger partial charge in [0.05, 0.1) is 0 Å². The van der Waals surface area contributed by atoms with Gasteiger partial charge >= 0.3 is 0 Å². The molecule has 0 spiro atoms. The number of nitrogens with zero attached hydrogens (tertiary/aromatic N) is 1. The molecule has 0 aliphatic heterocycles. The van der Waals surface area contributed by atoms with E-state index in [4.69, 9.17) is 5.73 Å². The fourth-order valence-corrected chi connectivity index (χ4v) is 4.26. The van der Waals surface area contributed by atoms with Crippen molar-refractivity contribution in [3.05, 3.63) is 0 Å². The van der Waals surface area contributed by atoms with Gasteiger partial charge in [0.2, 0.25) is 0 Å². The van der Waals surface area contributed by atoms with Crippen molar-refractivity contribution in [2.24, 2.45) is 34.8 Å². The van der Waals surface area contributed by atoms with Crippen molar-refractivity contribution in [1.82, 2.24) is 4.90 Å². The second kappa shape index (κ2) is 6.36. The summed E-state index contributed by atoms with van der Waals surface area (Å²) in [6, 6.07) is 0.615. The zero-order chi connectivity index (χ0) is 14.9. The minimum atomic E-state index is 0.485. The first-order valence-corrected chi connectivity index (χ1v) is 8.73. The highest BCUT2D eigenvalue weighted by molar-refractivity contribution is 4.90. The van der Waals surface area contributed by atoms with E-state index in [0.717, 1.165) is 30.2 Å². The lowest BCUT2D eigenvalue weighted by Crippen LogP contribution is -2.46. The molecule has 2 saturated carbocycles. The van der Waals surface area contributed by atoms with E-state index in [0.29, 0.717) is 11.5 Å². The van der Waals surface area contributed by atoms with Crippen molar-refractivity contribution in [2.45, 2.75) is 65.8 Å². The van der Waals surface area contributed by atoms with Gasteiger partial charge in [-0.3, -0.25) is 0 Å². The molecule has 2 heteroatoms. The molecule has 0 heterocycles. The lowest BCUT2D eigenvalue weighted by Gasteiger charge is -2.41. The maximum atomic E-state index is 6.11. The quantitative estimate of drug-likeness (QED) is 0.831. The van der Waals surface area contributed by atoms with Crippen LogP contribution in [0.3, 0.4) is 0 Å². The maximum absolute atomic E-state index is 6.11. The van der Waals surface area contributed by atoms with E-state index in [-0.39, 0.29) is 0 Å². The molecule has 2 rings (SSSR count). The van der Waals surface area contributed by atoms with Crippen molar-refractivity contribution in [2.75, 3.05) is 20.1 Å².